The van der Waals surface area contributed by atoms with Gasteiger partial charge in [-0.15, -0.1) is 10.2 Å². The molecule has 0 bridgehead atoms. The van der Waals surface area contributed by atoms with Gasteiger partial charge in [0.2, 0.25) is 11.8 Å². The summed E-state index contributed by atoms with van der Waals surface area (Å²) in [5.41, 5.74) is 3.08. The fraction of sp³-hybridized carbons (Fsp3) is 0.368. The van der Waals surface area contributed by atoms with Crippen molar-refractivity contribution in [3.63, 3.8) is 0 Å². The van der Waals surface area contributed by atoms with Crippen molar-refractivity contribution in [2.24, 2.45) is 7.05 Å². The van der Waals surface area contributed by atoms with Gasteiger partial charge >= 0.3 is 0 Å². The Morgan fingerprint density at radius 2 is 1.93 bits per heavy atom. The van der Waals surface area contributed by atoms with Crippen molar-refractivity contribution in [1.82, 2.24) is 20.0 Å². The van der Waals surface area contributed by atoms with Gasteiger partial charge in [0.1, 0.15) is 0 Å². The van der Waals surface area contributed by atoms with Gasteiger partial charge in [-0.2, -0.15) is 5.10 Å². The smallest absolute Gasteiger partial charge is 0.277 e. The maximum absolute atomic E-state index is 12.6. The predicted octanol–water partition coefficient (Wildman–Crippen LogP) is 3.22. The van der Waals surface area contributed by atoms with Crippen molar-refractivity contribution in [2.45, 2.75) is 31.2 Å². The van der Waals surface area contributed by atoms with E-state index in [4.69, 9.17) is 13.9 Å². The third-order valence-corrected chi connectivity index (χ3v) is 5.38. The summed E-state index contributed by atoms with van der Waals surface area (Å²) in [5, 5.41) is 15.2. The highest BCUT2D eigenvalue weighted by atomic mass is 32.2. The molecule has 9 nitrogen and oxygen atoms in total. The number of anilines is 1. The average molecular weight is 417 g/mol. The molecule has 0 saturated heterocycles. The van der Waals surface area contributed by atoms with Gasteiger partial charge in [0.15, 0.2) is 11.5 Å². The Kier molecular flexibility index (Phi) is 6.12. The molecule has 2 heterocycles. The number of carbonyl (C=O) groups is 1. The Hall–Kier alpha value is -3.01. The number of hydrogen-bond donors (Lipinski definition) is 1. The molecule has 154 valence electrons. The lowest BCUT2D eigenvalue weighted by atomic mass is 10.2. The van der Waals surface area contributed by atoms with Crippen molar-refractivity contribution in [1.29, 1.82) is 0 Å². The van der Waals surface area contributed by atoms with Crippen LogP contribution in [0.2, 0.25) is 0 Å². The Morgan fingerprint density at radius 1 is 1.21 bits per heavy atom. The third-order valence-electron chi connectivity index (χ3n) is 4.44. The van der Waals surface area contributed by atoms with Crippen LogP contribution in [0.4, 0.5) is 5.69 Å². The first-order valence-electron chi connectivity index (χ1n) is 8.87. The van der Waals surface area contributed by atoms with Gasteiger partial charge in [0.05, 0.1) is 36.5 Å². The minimum Gasteiger partial charge on any atom is -0.493 e. The van der Waals surface area contributed by atoms with Crippen LogP contribution in [-0.4, -0.2) is 45.4 Å². The quantitative estimate of drug-likeness (QED) is 0.584. The monoisotopic (exact) mass is 417 g/mol. The highest BCUT2D eigenvalue weighted by Crippen LogP contribution is 2.33. The maximum Gasteiger partial charge on any atom is 0.277 e. The molecule has 0 aliphatic heterocycles. The second-order valence-electron chi connectivity index (χ2n) is 6.36. The number of carbonyl (C=O) groups excluding carboxylic acids is 1. The molecule has 1 amide bonds. The van der Waals surface area contributed by atoms with Crippen LogP contribution in [0.1, 0.15) is 18.3 Å². The summed E-state index contributed by atoms with van der Waals surface area (Å²) in [6.45, 7) is 5.54. The van der Waals surface area contributed by atoms with Crippen LogP contribution in [-0.2, 0) is 11.8 Å². The van der Waals surface area contributed by atoms with Crippen LogP contribution >= 0.6 is 11.8 Å². The minimum absolute atomic E-state index is 0.167. The van der Waals surface area contributed by atoms with E-state index in [0.717, 1.165) is 17.1 Å². The van der Waals surface area contributed by atoms with Crippen LogP contribution in [0, 0.1) is 13.8 Å². The van der Waals surface area contributed by atoms with E-state index in [0.29, 0.717) is 28.2 Å². The number of aryl methyl sites for hydroxylation is 2. The Morgan fingerprint density at radius 3 is 2.55 bits per heavy atom. The molecule has 0 radical (unpaired) electrons. The van der Waals surface area contributed by atoms with Gasteiger partial charge in [-0.3, -0.25) is 9.48 Å². The number of nitrogens with zero attached hydrogens (tertiary/aromatic N) is 4. The topological polar surface area (TPSA) is 104 Å². The largest absolute Gasteiger partial charge is 0.493 e. The molecule has 1 aromatic carbocycles. The van der Waals surface area contributed by atoms with Gasteiger partial charge < -0.3 is 19.2 Å². The average Bonchev–Trinajstić information content (AvgIpc) is 3.27. The molecule has 10 heteroatoms. The first-order valence-corrected chi connectivity index (χ1v) is 9.75. The zero-order valence-corrected chi connectivity index (χ0v) is 18.0. The number of ether oxygens (including phenoxy) is 2. The fourth-order valence-corrected chi connectivity index (χ4v) is 3.41. The number of nitrogens with one attached hydrogen (secondary N) is 1. The number of thioether (sulfide) groups is 1. The van der Waals surface area contributed by atoms with Crippen LogP contribution in [0.15, 0.2) is 27.8 Å². The van der Waals surface area contributed by atoms with Crippen molar-refractivity contribution in [3.05, 3.63) is 29.6 Å². The molecule has 0 aliphatic rings. The number of hydrogen-bond acceptors (Lipinski definition) is 8. The van der Waals surface area contributed by atoms with Gasteiger partial charge in [-0.05, 0) is 39.0 Å². The molecule has 0 aliphatic carbocycles. The summed E-state index contributed by atoms with van der Waals surface area (Å²) in [6.07, 6.45) is 0. The van der Waals surface area contributed by atoms with Gasteiger partial charge in [-0.25, -0.2) is 0 Å². The molecule has 29 heavy (non-hydrogen) atoms. The van der Waals surface area contributed by atoms with Gasteiger partial charge in [-0.1, -0.05) is 11.8 Å². The van der Waals surface area contributed by atoms with Crippen molar-refractivity contribution >= 4 is 23.4 Å². The molecule has 0 saturated carbocycles. The van der Waals surface area contributed by atoms with Gasteiger partial charge in [0.25, 0.3) is 5.22 Å². The molecule has 0 fully saturated rings. The van der Waals surface area contributed by atoms with E-state index in [2.05, 4.69) is 20.6 Å². The Balaban J connectivity index is 1.70. The summed E-state index contributed by atoms with van der Waals surface area (Å²) in [7, 11) is 4.97. The molecule has 0 unspecified atom stereocenters. The van der Waals surface area contributed by atoms with E-state index in [1.807, 2.05) is 20.9 Å². The lowest BCUT2D eigenvalue weighted by Gasteiger charge is -2.10. The number of amides is 1. The summed E-state index contributed by atoms with van der Waals surface area (Å²) in [5.74, 6) is 1.34. The SMILES string of the molecule is COc1ccc(-c2nnc(S[C@@H](C)C(=O)Nc3c(C)nn(C)c3C)o2)cc1OC. The van der Waals surface area contributed by atoms with Crippen molar-refractivity contribution in [3.8, 4) is 23.0 Å². The first-order chi connectivity index (χ1) is 13.8. The number of methoxy groups -OCH3 is 2. The Labute approximate surface area is 172 Å². The summed E-state index contributed by atoms with van der Waals surface area (Å²) < 4.78 is 18.0. The van der Waals surface area contributed by atoms with E-state index in [9.17, 15) is 4.79 Å². The summed E-state index contributed by atoms with van der Waals surface area (Å²) in [6, 6.07) is 5.32. The predicted molar refractivity (Wildman–Crippen MR) is 109 cm³/mol. The van der Waals surface area contributed by atoms with Gasteiger partial charge in [0, 0.05) is 12.6 Å². The van der Waals surface area contributed by atoms with Crippen molar-refractivity contribution in [2.75, 3.05) is 19.5 Å². The van der Waals surface area contributed by atoms with E-state index >= 15 is 0 Å². The first kappa shape index (κ1) is 20.7. The maximum atomic E-state index is 12.6. The van der Waals surface area contributed by atoms with Crippen LogP contribution < -0.4 is 14.8 Å². The van der Waals surface area contributed by atoms with E-state index < -0.39 is 5.25 Å². The molecule has 1 N–H and O–H groups in total. The summed E-state index contributed by atoms with van der Waals surface area (Å²) >= 11 is 1.19. The molecule has 3 aromatic rings. The standard InChI is InChI=1S/C19H23N5O4S/c1-10-16(11(2)24(4)23-10)20-17(25)12(3)29-19-22-21-18(28-19)13-7-8-14(26-5)15(9-13)27-6/h7-9,12H,1-6H3,(H,20,25)/t12-/m0/s1. The second-order valence-corrected chi connectivity index (χ2v) is 7.65. The van der Waals surface area contributed by atoms with E-state index in [1.54, 1.807) is 44.0 Å². The zero-order valence-electron chi connectivity index (χ0n) is 17.1. The lowest BCUT2D eigenvalue weighted by Crippen LogP contribution is -2.23. The third kappa shape index (κ3) is 4.37. The molecule has 0 spiro atoms. The zero-order chi connectivity index (χ0) is 21.1. The molecular weight excluding hydrogens is 394 g/mol. The van der Waals surface area contributed by atoms with Crippen LogP contribution in [0.3, 0.4) is 0 Å². The van der Waals surface area contributed by atoms with Crippen molar-refractivity contribution < 1.29 is 18.7 Å². The number of benzene rings is 1. The highest BCUT2D eigenvalue weighted by Gasteiger charge is 2.21. The van der Waals surface area contributed by atoms with Crippen LogP contribution in [0.5, 0.6) is 11.5 Å². The molecular formula is C19H23N5O4S. The Bertz CT molecular complexity index is 1030. The van der Waals surface area contributed by atoms with E-state index in [1.165, 1.54) is 11.8 Å². The van der Waals surface area contributed by atoms with Crippen LogP contribution in [0.25, 0.3) is 11.5 Å². The molecule has 1 atom stereocenters. The normalized spacial score (nSPS) is 11.9. The second kappa shape index (κ2) is 8.56. The highest BCUT2D eigenvalue weighted by molar-refractivity contribution is 8.00. The molecule has 3 rings (SSSR count). The lowest BCUT2D eigenvalue weighted by molar-refractivity contribution is -0.115. The van der Waals surface area contributed by atoms with E-state index in [-0.39, 0.29) is 5.91 Å². The number of rotatable bonds is 7. The fourth-order valence-electron chi connectivity index (χ4n) is 2.73. The minimum atomic E-state index is -0.437. The summed E-state index contributed by atoms with van der Waals surface area (Å²) in [4.78, 5) is 12.6. The molecule has 2 aromatic heterocycles. The number of aromatic nitrogens is 4.